The van der Waals surface area contributed by atoms with Gasteiger partial charge in [-0.3, -0.25) is 4.79 Å². The van der Waals surface area contributed by atoms with Crippen LogP contribution in [0.2, 0.25) is 0 Å². The van der Waals surface area contributed by atoms with Gasteiger partial charge in [0, 0.05) is 57.7 Å². The molecule has 0 spiro atoms. The highest BCUT2D eigenvalue weighted by Gasteiger charge is 2.22. The van der Waals surface area contributed by atoms with Gasteiger partial charge in [-0.15, -0.1) is 0 Å². The van der Waals surface area contributed by atoms with Crippen LogP contribution in [0.4, 0.5) is 17.5 Å². The maximum atomic E-state index is 12.0. The van der Waals surface area contributed by atoms with Crippen molar-refractivity contribution < 1.29 is 4.79 Å². The number of rotatable bonds is 4. The van der Waals surface area contributed by atoms with Crippen LogP contribution in [0.3, 0.4) is 0 Å². The van der Waals surface area contributed by atoms with E-state index in [0.717, 1.165) is 37.7 Å². The molecule has 7 nitrogen and oxygen atoms in total. The van der Waals surface area contributed by atoms with Gasteiger partial charge in [-0.25, -0.2) is 4.98 Å². The Labute approximate surface area is 153 Å². The van der Waals surface area contributed by atoms with Crippen LogP contribution in [0.1, 0.15) is 22.8 Å². The van der Waals surface area contributed by atoms with E-state index in [1.807, 2.05) is 25.1 Å². The van der Waals surface area contributed by atoms with Crippen LogP contribution in [-0.2, 0) is 0 Å². The molecule has 0 N–H and O–H groups in total. The van der Waals surface area contributed by atoms with Crippen molar-refractivity contribution in [3.8, 4) is 6.07 Å². The lowest BCUT2D eigenvalue weighted by Crippen LogP contribution is -2.47. The van der Waals surface area contributed by atoms with Gasteiger partial charge in [0.15, 0.2) is 5.78 Å². The van der Waals surface area contributed by atoms with Crippen molar-refractivity contribution in [2.45, 2.75) is 6.92 Å². The quantitative estimate of drug-likeness (QED) is 0.780. The summed E-state index contributed by atoms with van der Waals surface area (Å²) in [7, 11) is 3.84. The monoisotopic (exact) mass is 350 g/mol. The van der Waals surface area contributed by atoms with Gasteiger partial charge in [0.25, 0.3) is 0 Å². The van der Waals surface area contributed by atoms with E-state index in [9.17, 15) is 10.1 Å². The molecule has 26 heavy (non-hydrogen) atoms. The summed E-state index contributed by atoms with van der Waals surface area (Å²) >= 11 is 0. The molecule has 0 aliphatic carbocycles. The summed E-state index contributed by atoms with van der Waals surface area (Å²) in [6, 6.07) is 9.32. The number of hydrogen-bond acceptors (Lipinski definition) is 7. The molecule has 134 valence electrons. The van der Waals surface area contributed by atoms with Crippen LogP contribution >= 0.6 is 0 Å². The van der Waals surface area contributed by atoms with Gasteiger partial charge in [0.05, 0.1) is 11.6 Å². The highest BCUT2D eigenvalue weighted by atomic mass is 16.1. The summed E-state index contributed by atoms with van der Waals surface area (Å²) in [5, 5.41) is 9.17. The molecule has 1 aromatic heterocycles. The van der Waals surface area contributed by atoms with E-state index in [4.69, 9.17) is 0 Å². The molecule has 1 aliphatic rings. The van der Waals surface area contributed by atoms with Crippen molar-refractivity contribution in [3.63, 3.8) is 0 Å². The third-order valence-corrected chi connectivity index (χ3v) is 4.48. The second kappa shape index (κ2) is 7.40. The molecule has 1 fully saturated rings. The zero-order chi connectivity index (χ0) is 18.7. The molecule has 0 unspecified atom stereocenters. The molecule has 0 bridgehead atoms. The average Bonchev–Trinajstić information content (AvgIpc) is 2.67. The SMILES string of the molecule is CC(=O)c1ccc(C#N)cc1N1CCN(c2ccnc(N(C)C)n2)CC1. The summed E-state index contributed by atoms with van der Waals surface area (Å²) in [6.07, 6.45) is 1.77. The zero-order valence-corrected chi connectivity index (χ0v) is 15.3. The third kappa shape index (κ3) is 3.59. The molecular weight excluding hydrogens is 328 g/mol. The van der Waals surface area contributed by atoms with Crippen molar-refractivity contribution >= 4 is 23.2 Å². The zero-order valence-electron chi connectivity index (χ0n) is 15.3. The molecule has 0 amide bonds. The molecule has 1 aliphatic heterocycles. The highest BCUT2D eigenvalue weighted by molar-refractivity contribution is 6.00. The number of carbonyl (C=O) groups excluding carboxylic acids is 1. The number of aromatic nitrogens is 2. The van der Waals surface area contributed by atoms with E-state index in [0.29, 0.717) is 17.1 Å². The summed E-state index contributed by atoms with van der Waals surface area (Å²) in [5.74, 6) is 1.60. The van der Waals surface area contributed by atoms with Gasteiger partial charge in [-0.05, 0) is 31.2 Å². The Bertz CT molecular complexity index is 849. The molecule has 2 aromatic rings. The minimum absolute atomic E-state index is 0.0124. The number of nitriles is 1. The van der Waals surface area contributed by atoms with Gasteiger partial charge >= 0.3 is 0 Å². The molecule has 1 aromatic carbocycles. The van der Waals surface area contributed by atoms with Crippen LogP contribution in [-0.4, -0.2) is 56.0 Å². The van der Waals surface area contributed by atoms with Crippen molar-refractivity contribution in [3.05, 3.63) is 41.6 Å². The Morgan fingerprint density at radius 2 is 1.85 bits per heavy atom. The molecule has 0 radical (unpaired) electrons. The maximum absolute atomic E-state index is 12.0. The predicted molar refractivity (Wildman–Crippen MR) is 102 cm³/mol. The number of piperazine rings is 1. The van der Waals surface area contributed by atoms with E-state index >= 15 is 0 Å². The minimum Gasteiger partial charge on any atom is -0.367 e. The standard InChI is InChI=1S/C19H22N6O/c1-14(26)16-5-4-15(13-20)12-17(16)24-8-10-25(11-9-24)18-6-7-21-19(22-18)23(2)3/h4-7,12H,8-11H2,1-3H3. The fourth-order valence-corrected chi connectivity index (χ4v) is 3.07. The van der Waals surface area contributed by atoms with E-state index in [1.165, 1.54) is 0 Å². The first-order chi connectivity index (χ1) is 12.5. The molecule has 1 saturated heterocycles. The Morgan fingerprint density at radius 1 is 1.15 bits per heavy atom. The first-order valence-electron chi connectivity index (χ1n) is 8.55. The van der Waals surface area contributed by atoms with Gasteiger partial charge in [0.2, 0.25) is 5.95 Å². The number of hydrogen-bond donors (Lipinski definition) is 0. The molecular formula is C19H22N6O. The Kier molecular flexibility index (Phi) is 5.03. The van der Waals surface area contributed by atoms with Gasteiger partial charge < -0.3 is 14.7 Å². The molecule has 0 saturated carbocycles. The molecule has 7 heteroatoms. The van der Waals surface area contributed by atoms with Crippen molar-refractivity contribution in [1.82, 2.24) is 9.97 Å². The van der Waals surface area contributed by atoms with Crippen molar-refractivity contribution in [1.29, 1.82) is 5.26 Å². The van der Waals surface area contributed by atoms with E-state index in [2.05, 4.69) is 25.8 Å². The van der Waals surface area contributed by atoms with Crippen LogP contribution in [0.25, 0.3) is 0 Å². The Morgan fingerprint density at radius 3 is 2.46 bits per heavy atom. The minimum atomic E-state index is 0.0124. The first-order valence-corrected chi connectivity index (χ1v) is 8.55. The lowest BCUT2D eigenvalue weighted by atomic mass is 10.0. The van der Waals surface area contributed by atoms with E-state index < -0.39 is 0 Å². The largest absolute Gasteiger partial charge is 0.367 e. The maximum Gasteiger partial charge on any atom is 0.226 e. The van der Waals surface area contributed by atoms with Crippen molar-refractivity contribution in [2.75, 3.05) is 55.0 Å². The van der Waals surface area contributed by atoms with Crippen LogP contribution in [0.5, 0.6) is 0 Å². The number of anilines is 3. The number of Topliss-reactive ketones (excluding diaryl/α,β-unsaturated/α-hetero) is 1. The summed E-state index contributed by atoms with van der Waals surface area (Å²) in [4.78, 5) is 27.1. The smallest absolute Gasteiger partial charge is 0.226 e. The Hall–Kier alpha value is -3.14. The second-order valence-corrected chi connectivity index (χ2v) is 6.48. The Balaban J connectivity index is 1.78. The number of nitrogens with zero attached hydrogens (tertiary/aromatic N) is 6. The van der Waals surface area contributed by atoms with E-state index in [1.54, 1.807) is 31.3 Å². The van der Waals surface area contributed by atoms with Gasteiger partial charge in [-0.2, -0.15) is 10.2 Å². The molecule has 0 atom stereocenters. The second-order valence-electron chi connectivity index (χ2n) is 6.48. The van der Waals surface area contributed by atoms with Crippen molar-refractivity contribution in [2.24, 2.45) is 0 Å². The van der Waals surface area contributed by atoms with Gasteiger partial charge in [-0.1, -0.05) is 0 Å². The third-order valence-electron chi connectivity index (χ3n) is 4.48. The molecule has 2 heterocycles. The highest BCUT2D eigenvalue weighted by Crippen LogP contribution is 2.25. The number of carbonyl (C=O) groups is 1. The fraction of sp³-hybridized carbons (Fsp3) is 0.368. The molecule has 3 rings (SSSR count). The lowest BCUT2D eigenvalue weighted by molar-refractivity contribution is 0.101. The summed E-state index contributed by atoms with van der Waals surface area (Å²) in [6.45, 7) is 4.66. The number of ketones is 1. The first kappa shape index (κ1) is 17.7. The normalized spacial score (nSPS) is 14.1. The average molecular weight is 350 g/mol. The van der Waals surface area contributed by atoms with Gasteiger partial charge in [0.1, 0.15) is 5.82 Å². The topological polar surface area (TPSA) is 76.4 Å². The predicted octanol–water partition coefficient (Wildman–Crippen LogP) is 1.94. The van der Waals surface area contributed by atoms with Crippen LogP contribution in [0, 0.1) is 11.3 Å². The van der Waals surface area contributed by atoms with Crippen LogP contribution < -0.4 is 14.7 Å². The summed E-state index contributed by atoms with van der Waals surface area (Å²) < 4.78 is 0. The summed E-state index contributed by atoms with van der Waals surface area (Å²) in [5.41, 5.74) is 2.07. The number of benzene rings is 1. The van der Waals surface area contributed by atoms with Crippen LogP contribution in [0.15, 0.2) is 30.5 Å². The lowest BCUT2D eigenvalue weighted by Gasteiger charge is -2.37. The fourth-order valence-electron chi connectivity index (χ4n) is 3.07. The van der Waals surface area contributed by atoms with E-state index in [-0.39, 0.29) is 5.78 Å².